The van der Waals surface area contributed by atoms with Gasteiger partial charge in [0.1, 0.15) is 5.82 Å². The van der Waals surface area contributed by atoms with Gasteiger partial charge in [-0.05, 0) is 48.1 Å². The predicted octanol–water partition coefficient (Wildman–Crippen LogP) is 4.64. The summed E-state index contributed by atoms with van der Waals surface area (Å²) in [6.07, 6.45) is 0.794. The van der Waals surface area contributed by atoms with Crippen LogP contribution in [0.2, 0.25) is 5.02 Å². The fraction of sp³-hybridized carbons (Fsp3) is 0.214. The molecule has 0 N–H and O–H groups in total. The van der Waals surface area contributed by atoms with Crippen molar-refractivity contribution in [3.63, 3.8) is 0 Å². The lowest BCUT2D eigenvalue weighted by atomic mass is 10.0. The molecule has 1 nitrogen and oxygen atoms in total. The summed E-state index contributed by atoms with van der Waals surface area (Å²) in [5, 5.41) is 2.05. The zero-order valence-electron chi connectivity index (χ0n) is 10.1. The lowest BCUT2D eigenvalue weighted by Crippen LogP contribution is -2.04. The van der Waals surface area contributed by atoms with Crippen molar-refractivity contribution >= 4 is 28.7 Å². The van der Waals surface area contributed by atoms with Crippen molar-refractivity contribution in [3.05, 3.63) is 56.0 Å². The van der Waals surface area contributed by atoms with Crippen LogP contribution in [0.4, 0.5) is 4.39 Å². The minimum atomic E-state index is -0.390. The van der Waals surface area contributed by atoms with E-state index in [2.05, 4.69) is 0 Å². The van der Waals surface area contributed by atoms with Gasteiger partial charge in [-0.2, -0.15) is 0 Å². The fourth-order valence-corrected chi connectivity index (χ4v) is 2.95. The molecule has 1 aromatic carbocycles. The van der Waals surface area contributed by atoms with Crippen molar-refractivity contribution in [2.24, 2.45) is 0 Å². The van der Waals surface area contributed by atoms with Crippen LogP contribution < -0.4 is 0 Å². The van der Waals surface area contributed by atoms with Crippen LogP contribution in [0, 0.1) is 12.7 Å². The molecule has 18 heavy (non-hydrogen) atoms. The number of ketones is 1. The molecule has 0 fully saturated rings. The van der Waals surface area contributed by atoms with E-state index in [4.69, 9.17) is 11.6 Å². The Balaban J connectivity index is 2.50. The van der Waals surface area contributed by atoms with Gasteiger partial charge >= 0.3 is 0 Å². The maximum absolute atomic E-state index is 13.3. The van der Waals surface area contributed by atoms with E-state index in [-0.39, 0.29) is 10.8 Å². The van der Waals surface area contributed by atoms with Crippen molar-refractivity contribution in [2.45, 2.75) is 20.3 Å². The minimum Gasteiger partial charge on any atom is -0.288 e. The third kappa shape index (κ3) is 2.33. The largest absolute Gasteiger partial charge is 0.288 e. The van der Waals surface area contributed by atoms with Crippen molar-refractivity contribution in [1.82, 2.24) is 0 Å². The zero-order chi connectivity index (χ0) is 13.3. The quantitative estimate of drug-likeness (QED) is 0.750. The summed E-state index contributed by atoms with van der Waals surface area (Å²) >= 11 is 7.35. The van der Waals surface area contributed by atoms with E-state index in [1.54, 1.807) is 6.92 Å². The first-order valence-corrected chi connectivity index (χ1v) is 6.87. The van der Waals surface area contributed by atoms with Crippen LogP contribution in [0.5, 0.6) is 0 Å². The first-order valence-electron chi connectivity index (χ1n) is 5.61. The Morgan fingerprint density at radius 3 is 2.83 bits per heavy atom. The second-order valence-electron chi connectivity index (χ2n) is 4.04. The van der Waals surface area contributed by atoms with Gasteiger partial charge in [0.05, 0.1) is 9.90 Å². The molecule has 0 bridgehead atoms. The molecule has 0 atom stereocenters. The highest BCUT2D eigenvalue weighted by Gasteiger charge is 2.18. The van der Waals surface area contributed by atoms with Gasteiger partial charge in [-0.3, -0.25) is 4.79 Å². The normalized spacial score (nSPS) is 10.7. The molecule has 0 saturated carbocycles. The third-order valence-corrected chi connectivity index (χ3v) is 4.09. The van der Waals surface area contributed by atoms with Crippen LogP contribution in [0.15, 0.2) is 23.6 Å². The number of thiophene rings is 1. The number of aryl methyl sites for hydroxylation is 2. The van der Waals surface area contributed by atoms with Crippen LogP contribution in [-0.2, 0) is 6.42 Å². The summed E-state index contributed by atoms with van der Waals surface area (Å²) < 4.78 is 13.3. The topological polar surface area (TPSA) is 17.1 Å². The molecular formula is C14H12ClFOS. The van der Waals surface area contributed by atoms with Crippen molar-refractivity contribution in [3.8, 4) is 0 Å². The Morgan fingerprint density at radius 1 is 1.44 bits per heavy atom. The summed E-state index contributed by atoms with van der Waals surface area (Å²) in [4.78, 5) is 13.1. The molecule has 0 aliphatic rings. The Morgan fingerprint density at radius 2 is 2.17 bits per heavy atom. The summed E-state index contributed by atoms with van der Waals surface area (Å²) in [5.41, 5.74) is 1.80. The molecule has 0 aliphatic carbocycles. The molecule has 0 saturated heterocycles. The molecule has 2 rings (SSSR count). The highest BCUT2D eigenvalue weighted by atomic mass is 35.5. The number of carbonyl (C=O) groups excluding carboxylic acids is 1. The van der Waals surface area contributed by atoms with E-state index in [1.807, 2.05) is 18.4 Å². The summed E-state index contributed by atoms with van der Waals surface area (Å²) in [6.45, 7) is 3.62. The van der Waals surface area contributed by atoms with Gasteiger partial charge in [0, 0.05) is 5.56 Å². The molecular weight excluding hydrogens is 271 g/mol. The van der Waals surface area contributed by atoms with Crippen molar-refractivity contribution in [2.75, 3.05) is 0 Å². The molecule has 0 amide bonds. The second-order valence-corrected chi connectivity index (χ2v) is 5.36. The second kappa shape index (κ2) is 5.21. The standard InChI is InChI=1S/C14H12ClFOS/c1-3-9-4-5-18-14(9)13(17)10-6-8(2)12(16)7-11(10)15/h4-7H,3H2,1-2H3. The minimum absolute atomic E-state index is 0.130. The van der Waals surface area contributed by atoms with Crippen LogP contribution in [0.1, 0.15) is 33.3 Å². The van der Waals surface area contributed by atoms with Crippen LogP contribution >= 0.6 is 22.9 Å². The number of benzene rings is 1. The van der Waals surface area contributed by atoms with E-state index >= 15 is 0 Å². The van der Waals surface area contributed by atoms with E-state index in [0.717, 1.165) is 12.0 Å². The number of hydrogen-bond donors (Lipinski definition) is 0. The van der Waals surface area contributed by atoms with Gasteiger partial charge in [0.2, 0.25) is 5.78 Å². The van der Waals surface area contributed by atoms with Gasteiger partial charge in [-0.1, -0.05) is 18.5 Å². The number of hydrogen-bond acceptors (Lipinski definition) is 2. The molecule has 0 aliphatic heterocycles. The highest BCUT2D eigenvalue weighted by molar-refractivity contribution is 7.12. The van der Waals surface area contributed by atoms with E-state index in [9.17, 15) is 9.18 Å². The Labute approximate surface area is 114 Å². The molecule has 0 unspecified atom stereocenters. The van der Waals surface area contributed by atoms with Crippen molar-refractivity contribution < 1.29 is 9.18 Å². The van der Waals surface area contributed by atoms with Gasteiger partial charge < -0.3 is 0 Å². The van der Waals surface area contributed by atoms with Crippen molar-refractivity contribution in [1.29, 1.82) is 0 Å². The molecule has 0 radical (unpaired) electrons. The Kier molecular flexibility index (Phi) is 3.83. The third-order valence-electron chi connectivity index (χ3n) is 2.83. The van der Waals surface area contributed by atoms with E-state index < -0.39 is 5.82 Å². The maximum atomic E-state index is 13.3. The Hall–Kier alpha value is -1.19. The molecule has 94 valence electrons. The van der Waals surface area contributed by atoms with Crippen LogP contribution in [-0.4, -0.2) is 5.78 Å². The first kappa shape index (κ1) is 13.2. The summed E-state index contributed by atoms with van der Waals surface area (Å²) in [7, 11) is 0. The van der Waals surface area contributed by atoms with Crippen LogP contribution in [0.25, 0.3) is 0 Å². The zero-order valence-corrected chi connectivity index (χ0v) is 11.7. The first-order chi connectivity index (χ1) is 8.54. The van der Waals surface area contributed by atoms with Gasteiger partial charge in [-0.25, -0.2) is 4.39 Å². The summed E-state index contributed by atoms with van der Waals surface area (Å²) in [6, 6.07) is 4.64. The van der Waals surface area contributed by atoms with E-state index in [1.165, 1.54) is 23.5 Å². The maximum Gasteiger partial charge on any atom is 0.204 e. The molecule has 1 heterocycles. The molecule has 0 spiro atoms. The molecule has 1 aromatic heterocycles. The average Bonchev–Trinajstić information content (AvgIpc) is 2.81. The molecule has 4 heteroatoms. The predicted molar refractivity (Wildman–Crippen MR) is 73.3 cm³/mol. The smallest absolute Gasteiger partial charge is 0.204 e. The lowest BCUT2D eigenvalue weighted by molar-refractivity contribution is 0.104. The SMILES string of the molecule is CCc1ccsc1C(=O)c1cc(C)c(F)cc1Cl. The number of carbonyl (C=O) groups is 1. The monoisotopic (exact) mass is 282 g/mol. The summed E-state index contributed by atoms with van der Waals surface area (Å²) in [5.74, 6) is -0.520. The van der Waals surface area contributed by atoms with E-state index in [0.29, 0.717) is 16.0 Å². The Bertz CT molecular complexity index is 604. The number of halogens is 2. The fourth-order valence-electron chi connectivity index (χ4n) is 1.77. The highest BCUT2D eigenvalue weighted by Crippen LogP contribution is 2.27. The number of rotatable bonds is 3. The lowest BCUT2D eigenvalue weighted by Gasteiger charge is -2.06. The van der Waals surface area contributed by atoms with Gasteiger partial charge in [-0.15, -0.1) is 11.3 Å². The van der Waals surface area contributed by atoms with Gasteiger partial charge in [0.25, 0.3) is 0 Å². The average molecular weight is 283 g/mol. The van der Waals surface area contributed by atoms with Gasteiger partial charge in [0.15, 0.2) is 0 Å². The van der Waals surface area contributed by atoms with Crippen LogP contribution in [0.3, 0.4) is 0 Å². The molecule has 2 aromatic rings.